The summed E-state index contributed by atoms with van der Waals surface area (Å²) in [5, 5.41) is 9.51. The Kier molecular flexibility index (Phi) is 10.9. The number of nitrogens with zero attached hydrogens (tertiary/aromatic N) is 2. The fraction of sp³-hybridized carbons (Fsp3) is 0.857. The van der Waals surface area contributed by atoms with Crippen molar-refractivity contribution in [2.75, 3.05) is 13.1 Å². The highest BCUT2D eigenvalue weighted by Gasteiger charge is 2.72. The molecule has 5 rings (SSSR count). The van der Waals surface area contributed by atoms with Gasteiger partial charge in [0, 0.05) is 18.9 Å². The number of rotatable bonds is 11. The second kappa shape index (κ2) is 14.1. The number of imide groups is 1. The third kappa shape index (κ3) is 6.12. The van der Waals surface area contributed by atoms with Gasteiger partial charge >= 0.3 is 5.97 Å². The van der Waals surface area contributed by atoms with Crippen LogP contribution in [0.1, 0.15) is 151 Å². The number of nitriles is 1. The van der Waals surface area contributed by atoms with E-state index in [1.54, 1.807) is 6.92 Å². The molecule has 0 spiro atoms. The molecule has 49 heavy (non-hydrogen) atoms. The first-order chi connectivity index (χ1) is 23.0. The number of nitrogens with two attached hydrogens (primary N) is 1. The van der Waals surface area contributed by atoms with Crippen LogP contribution in [0.15, 0.2) is 12.2 Å². The van der Waals surface area contributed by atoms with Gasteiger partial charge in [-0.25, -0.2) is 0 Å². The van der Waals surface area contributed by atoms with E-state index in [2.05, 4.69) is 48.1 Å². The van der Waals surface area contributed by atoms with Crippen LogP contribution in [0.25, 0.3) is 0 Å². The molecule has 0 heterocycles. The fourth-order valence-electron chi connectivity index (χ4n) is 13.6. The summed E-state index contributed by atoms with van der Waals surface area (Å²) < 4.78 is 5.95. The predicted octanol–water partition coefficient (Wildman–Crippen LogP) is 8.75. The van der Waals surface area contributed by atoms with Gasteiger partial charge in [0.05, 0.1) is 11.5 Å². The van der Waals surface area contributed by atoms with Gasteiger partial charge < -0.3 is 10.5 Å². The van der Waals surface area contributed by atoms with Gasteiger partial charge in [0.15, 0.2) is 0 Å². The Morgan fingerprint density at radius 3 is 2.18 bits per heavy atom. The van der Waals surface area contributed by atoms with Crippen LogP contribution in [0.5, 0.6) is 0 Å². The SMILES string of the molecule is C=C(C)[C@@H]1CC[C@]2(C(=O)N(CCCCCCCN)C(=O)CC#N)CC[C@]3(C)[C@H](CCC4[C@@]5(C)CC[C@H](OC(C)=O)C(C)(C)[C@@H]5CC[C@]43C)[C@@H]12. The van der Waals surface area contributed by atoms with E-state index in [9.17, 15) is 14.9 Å². The molecule has 2 amide bonds. The maximum absolute atomic E-state index is 15.0. The number of hydrogen-bond donors (Lipinski definition) is 1. The largest absolute Gasteiger partial charge is 0.462 e. The van der Waals surface area contributed by atoms with Crippen molar-refractivity contribution < 1.29 is 19.1 Å². The van der Waals surface area contributed by atoms with Gasteiger partial charge in [-0.1, -0.05) is 66.0 Å². The summed E-state index contributed by atoms with van der Waals surface area (Å²) in [6.45, 7) is 21.7. The Hall–Kier alpha value is -2.20. The second-order valence-corrected chi connectivity index (χ2v) is 18.5. The van der Waals surface area contributed by atoms with Gasteiger partial charge in [-0.3, -0.25) is 19.3 Å². The van der Waals surface area contributed by atoms with Crippen LogP contribution in [0.2, 0.25) is 0 Å². The Labute approximate surface area is 297 Å². The van der Waals surface area contributed by atoms with Gasteiger partial charge in [0.25, 0.3) is 0 Å². The minimum atomic E-state index is -0.577. The molecule has 5 saturated carbocycles. The molecule has 0 aromatic carbocycles. The highest BCUT2D eigenvalue weighted by atomic mass is 16.5. The molecular weight excluding hydrogens is 610 g/mol. The van der Waals surface area contributed by atoms with Gasteiger partial charge in [-0.2, -0.15) is 5.26 Å². The standard InChI is InChI=1S/C42H67N3O4/c1-28(2)30-16-22-42(37(48)45(35(47)19-26-44)27-13-11-9-10-12-25-43)24-23-40(7)31(36(30)42)14-15-33-39(6)20-18-34(49-29(3)46)38(4,5)32(39)17-21-41(33,40)8/h30-34,36H,1,9-25,27,43H2,2-8H3/t30-,31+,32-,33?,34-,36+,39-,40+,41+,42-/m0/s1. The summed E-state index contributed by atoms with van der Waals surface area (Å²) in [6, 6.07) is 2.04. The average Bonchev–Trinajstić information content (AvgIpc) is 3.43. The van der Waals surface area contributed by atoms with Crippen LogP contribution in [0.3, 0.4) is 0 Å². The van der Waals surface area contributed by atoms with E-state index < -0.39 is 5.41 Å². The molecule has 10 atom stereocenters. The molecule has 1 unspecified atom stereocenters. The number of carbonyl (C=O) groups excluding carboxylic acids is 3. The number of amides is 2. The quantitative estimate of drug-likeness (QED) is 0.133. The minimum Gasteiger partial charge on any atom is -0.462 e. The summed E-state index contributed by atoms with van der Waals surface area (Å²) in [6.07, 6.45) is 14.6. The molecule has 5 fully saturated rings. The number of fused-ring (bicyclic) bond motifs is 7. The second-order valence-electron chi connectivity index (χ2n) is 18.5. The van der Waals surface area contributed by atoms with Crippen LogP contribution in [-0.4, -0.2) is 41.9 Å². The van der Waals surface area contributed by atoms with Crippen molar-refractivity contribution in [3.05, 3.63) is 12.2 Å². The molecule has 0 aromatic heterocycles. The third-order valence-corrected chi connectivity index (χ3v) is 16.1. The molecule has 7 nitrogen and oxygen atoms in total. The Balaban J connectivity index is 1.46. The zero-order valence-corrected chi connectivity index (χ0v) is 32.0. The van der Waals surface area contributed by atoms with E-state index in [4.69, 9.17) is 10.5 Å². The Morgan fingerprint density at radius 2 is 1.53 bits per heavy atom. The Bertz CT molecular complexity index is 1340. The molecule has 0 radical (unpaired) electrons. The lowest BCUT2D eigenvalue weighted by Gasteiger charge is -2.73. The molecule has 2 N–H and O–H groups in total. The van der Waals surface area contributed by atoms with Gasteiger partial charge in [0.2, 0.25) is 11.8 Å². The summed E-state index contributed by atoms with van der Waals surface area (Å²) in [5.74, 6) is 1.37. The predicted molar refractivity (Wildman–Crippen MR) is 194 cm³/mol. The van der Waals surface area contributed by atoms with E-state index in [0.29, 0.717) is 30.8 Å². The summed E-state index contributed by atoms with van der Waals surface area (Å²) in [7, 11) is 0. The number of carbonyl (C=O) groups is 3. The van der Waals surface area contributed by atoms with Crippen molar-refractivity contribution >= 4 is 17.8 Å². The third-order valence-electron chi connectivity index (χ3n) is 16.1. The zero-order valence-electron chi connectivity index (χ0n) is 32.0. The maximum atomic E-state index is 15.0. The number of esters is 1. The van der Waals surface area contributed by atoms with Gasteiger partial charge in [0.1, 0.15) is 12.5 Å². The number of unbranched alkanes of at least 4 members (excludes halogenated alkanes) is 4. The first-order valence-corrected chi connectivity index (χ1v) is 19.8. The van der Waals surface area contributed by atoms with E-state index in [1.807, 2.05) is 6.07 Å². The highest BCUT2D eigenvalue weighted by Crippen LogP contribution is 2.77. The van der Waals surface area contributed by atoms with Crippen LogP contribution in [0.4, 0.5) is 0 Å². The molecule has 0 bridgehead atoms. The maximum Gasteiger partial charge on any atom is 0.302 e. The van der Waals surface area contributed by atoms with Crippen molar-refractivity contribution in [2.24, 2.45) is 62.4 Å². The molecule has 0 aromatic rings. The monoisotopic (exact) mass is 678 g/mol. The van der Waals surface area contributed by atoms with Crippen molar-refractivity contribution in [1.82, 2.24) is 4.90 Å². The van der Waals surface area contributed by atoms with E-state index in [0.717, 1.165) is 96.3 Å². The highest BCUT2D eigenvalue weighted by molar-refractivity contribution is 5.99. The van der Waals surface area contributed by atoms with Crippen LogP contribution in [-0.2, 0) is 19.1 Å². The lowest BCUT2D eigenvalue weighted by Crippen LogP contribution is -2.67. The van der Waals surface area contributed by atoms with Crippen molar-refractivity contribution in [3.63, 3.8) is 0 Å². The van der Waals surface area contributed by atoms with Gasteiger partial charge in [-0.05, 0) is 136 Å². The lowest BCUT2D eigenvalue weighted by atomic mass is 9.32. The molecule has 0 aliphatic heterocycles. The zero-order chi connectivity index (χ0) is 36.0. The first-order valence-electron chi connectivity index (χ1n) is 19.8. The van der Waals surface area contributed by atoms with Crippen molar-refractivity contribution in [1.29, 1.82) is 5.26 Å². The van der Waals surface area contributed by atoms with E-state index >= 15 is 4.79 Å². The Morgan fingerprint density at radius 1 is 0.837 bits per heavy atom. The minimum absolute atomic E-state index is 0.000928. The molecule has 5 aliphatic carbocycles. The molecule has 274 valence electrons. The van der Waals surface area contributed by atoms with Crippen LogP contribution >= 0.6 is 0 Å². The fourth-order valence-corrected chi connectivity index (χ4v) is 13.6. The van der Waals surface area contributed by atoms with Crippen molar-refractivity contribution in [3.8, 4) is 6.07 Å². The number of hydrogen-bond acceptors (Lipinski definition) is 6. The van der Waals surface area contributed by atoms with Crippen LogP contribution < -0.4 is 5.73 Å². The summed E-state index contributed by atoms with van der Waals surface area (Å²) in [5.41, 5.74) is 6.57. The average molecular weight is 678 g/mol. The van der Waals surface area contributed by atoms with E-state index in [1.165, 1.54) is 10.5 Å². The normalized spacial score (nSPS) is 40.5. The summed E-state index contributed by atoms with van der Waals surface area (Å²) >= 11 is 0. The number of ether oxygens (including phenoxy) is 1. The molecular formula is C42H67N3O4. The number of allylic oxidation sites excluding steroid dienone is 1. The summed E-state index contributed by atoms with van der Waals surface area (Å²) in [4.78, 5) is 42.1. The van der Waals surface area contributed by atoms with Gasteiger partial charge in [-0.15, -0.1) is 0 Å². The van der Waals surface area contributed by atoms with E-state index in [-0.39, 0.29) is 63.8 Å². The molecule has 7 heteroatoms. The topological polar surface area (TPSA) is 113 Å². The molecule has 5 aliphatic rings. The van der Waals surface area contributed by atoms with Crippen molar-refractivity contribution in [2.45, 2.75) is 157 Å². The molecule has 0 saturated heterocycles. The van der Waals surface area contributed by atoms with Crippen LogP contribution in [0, 0.1) is 68.0 Å². The lowest BCUT2D eigenvalue weighted by molar-refractivity contribution is -0.249. The first kappa shape index (κ1) is 38.0. The smallest absolute Gasteiger partial charge is 0.302 e.